The highest BCUT2D eigenvalue weighted by atomic mass is 16.2. The second kappa shape index (κ2) is 7.61. The Bertz CT molecular complexity index is 291. The fourth-order valence-corrected chi connectivity index (χ4v) is 1.04. The summed E-state index contributed by atoms with van der Waals surface area (Å²) in [5.41, 5.74) is 0. The Labute approximate surface area is 101 Å². The van der Waals surface area contributed by atoms with Gasteiger partial charge >= 0.3 is 6.03 Å². The zero-order valence-electron chi connectivity index (χ0n) is 10.7. The summed E-state index contributed by atoms with van der Waals surface area (Å²) in [6.45, 7) is 2.34. The molecule has 17 heavy (non-hydrogen) atoms. The lowest BCUT2D eigenvalue weighted by Gasteiger charge is -2.18. The quantitative estimate of drug-likeness (QED) is 0.640. The molecule has 0 bridgehead atoms. The highest BCUT2D eigenvalue weighted by Gasteiger charge is 2.13. The molecule has 0 radical (unpaired) electrons. The molecule has 0 aromatic carbocycles. The molecule has 7 nitrogen and oxygen atoms in total. The smallest absolute Gasteiger partial charge is 0.321 e. The molecule has 0 aliphatic carbocycles. The van der Waals surface area contributed by atoms with E-state index in [1.165, 1.54) is 9.80 Å². The largest absolute Gasteiger partial charge is 0.348 e. The van der Waals surface area contributed by atoms with Gasteiger partial charge in [0.15, 0.2) is 0 Å². The number of hydrogen-bond acceptors (Lipinski definition) is 4. The minimum absolute atomic E-state index is 0.00326. The van der Waals surface area contributed by atoms with Gasteiger partial charge in [-0.2, -0.15) is 0 Å². The molecule has 7 heteroatoms. The molecule has 0 aromatic rings. The van der Waals surface area contributed by atoms with Crippen LogP contribution in [0.2, 0.25) is 0 Å². The minimum atomic E-state index is -0.523. The summed E-state index contributed by atoms with van der Waals surface area (Å²) < 4.78 is 0. The van der Waals surface area contributed by atoms with Gasteiger partial charge in [-0.25, -0.2) is 4.79 Å². The molecule has 0 aromatic heterocycles. The van der Waals surface area contributed by atoms with Crippen LogP contribution in [0.5, 0.6) is 0 Å². The molecule has 0 rings (SSSR count). The van der Waals surface area contributed by atoms with E-state index >= 15 is 0 Å². The van der Waals surface area contributed by atoms with Gasteiger partial charge in [-0.15, -0.1) is 0 Å². The van der Waals surface area contributed by atoms with Gasteiger partial charge in [0.1, 0.15) is 0 Å². The lowest BCUT2D eigenvalue weighted by molar-refractivity contribution is -0.130. The summed E-state index contributed by atoms with van der Waals surface area (Å²) >= 11 is 0. The fourth-order valence-electron chi connectivity index (χ4n) is 1.04. The summed E-state index contributed by atoms with van der Waals surface area (Å²) in [5.74, 6) is -0.539. The first-order chi connectivity index (χ1) is 7.86. The zero-order chi connectivity index (χ0) is 13.4. The van der Waals surface area contributed by atoms with Crippen molar-refractivity contribution in [2.75, 3.05) is 40.8 Å². The monoisotopic (exact) mass is 244 g/mol. The average molecular weight is 244 g/mol. The maximum Gasteiger partial charge on any atom is 0.321 e. The highest BCUT2D eigenvalue weighted by molar-refractivity contribution is 5.95. The van der Waals surface area contributed by atoms with Crippen LogP contribution in [0.15, 0.2) is 0 Å². The van der Waals surface area contributed by atoms with Crippen molar-refractivity contribution in [1.29, 1.82) is 0 Å². The maximum absolute atomic E-state index is 11.4. The van der Waals surface area contributed by atoms with Crippen molar-refractivity contribution in [2.45, 2.75) is 6.92 Å². The first-order valence-electron chi connectivity index (χ1n) is 5.33. The van der Waals surface area contributed by atoms with E-state index in [1.807, 2.05) is 0 Å². The molecule has 4 amide bonds. The van der Waals surface area contributed by atoms with Crippen LogP contribution in [0.1, 0.15) is 6.92 Å². The van der Waals surface area contributed by atoms with Crippen LogP contribution in [-0.4, -0.2) is 68.4 Å². The third kappa shape index (κ3) is 7.29. The van der Waals surface area contributed by atoms with Gasteiger partial charge in [-0.05, 0) is 14.0 Å². The van der Waals surface area contributed by atoms with Crippen molar-refractivity contribution in [2.24, 2.45) is 0 Å². The molecule has 0 spiro atoms. The Morgan fingerprint density at radius 2 is 1.65 bits per heavy atom. The van der Waals surface area contributed by atoms with Gasteiger partial charge < -0.3 is 10.2 Å². The zero-order valence-corrected chi connectivity index (χ0v) is 10.7. The minimum Gasteiger partial charge on any atom is -0.348 e. The van der Waals surface area contributed by atoms with Crippen LogP contribution in [0.4, 0.5) is 4.79 Å². The topological polar surface area (TPSA) is 81.8 Å². The molecular weight excluding hydrogens is 224 g/mol. The van der Waals surface area contributed by atoms with E-state index < -0.39 is 11.9 Å². The van der Waals surface area contributed by atoms with Crippen molar-refractivity contribution in [3.8, 4) is 0 Å². The average Bonchev–Trinajstić information content (AvgIpc) is 2.16. The van der Waals surface area contributed by atoms with E-state index in [0.717, 1.165) is 0 Å². The van der Waals surface area contributed by atoms with Crippen molar-refractivity contribution >= 4 is 17.8 Å². The normalized spacial score (nSPS) is 9.94. The van der Waals surface area contributed by atoms with E-state index in [-0.39, 0.29) is 19.0 Å². The predicted octanol–water partition coefficient (Wildman–Crippen LogP) is -1.15. The van der Waals surface area contributed by atoms with Crippen molar-refractivity contribution < 1.29 is 14.4 Å². The number of likely N-dealkylation sites (N-methyl/N-ethyl adjacent to an activating group) is 2. The summed E-state index contributed by atoms with van der Waals surface area (Å²) in [4.78, 5) is 36.7. The van der Waals surface area contributed by atoms with Gasteiger partial charge in [0.05, 0.1) is 13.1 Å². The fraction of sp³-hybridized carbons (Fsp3) is 0.700. The van der Waals surface area contributed by atoms with Crippen LogP contribution < -0.4 is 10.6 Å². The molecule has 0 aliphatic rings. The maximum atomic E-state index is 11.4. The summed E-state index contributed by atoms with van der Waals surface area (Å²) in [5, 5.41) is 4.60. The molecule has 0 fully saturated rings. The molecule has 0 atom stereocenters. The van der Waals surface area contributed by atoms with E-state index in [9.17, 15) is 14.4 Å². The highest BCUT2D eigenvalue weighted by Crippen LogP contribution is 1.86. The Kier molecular flexibility index (Phi) is 6.88. The van der Waals surface area contributed by atoms with Crippen LogP contribution in [0, 0.1) is 0 Å². The van der Waals surface area contributed by atoms with Gasteiger partial charge in [-0.1, -0.05) is 0 Å². The Balaban J connectivity index is 3.96. The molecule has 0 saturated heterocycles. The van der Waals surface area contributed by atoms with E-state index in [0.29, 0.717) is 6.54 Å². The molecule has 0 unspecified atom stereocenters. The standard InChI is InChI=1S/C10H20N4O3/c1-5-11-10(17)12-8(15)6-14(4)7-9(16)13(2)3/h5-7H2,1-4H3,(H2,11,12,15,17). The van der Waals surface area contributed by atoms with Crippen molar-refractivity contribution in [1.82, 2.24) is 20.4 Å². The summed E-state index contributed by atoms with van der Waals surface area (Å²) in [6, 6.07) is -0.523. The number of nitrogens with one attached hydrogen (secondary N) is 2. The number of rotatable bonds is 5. The molecule has 98 valence electrons. The number of carbonyl (C=O) groups excluding carboxylic acids is 3. The van der Waals surface area contributed by atoms with Crippen LogP contribution in [0.3, 0.4) is 0 Å². The van der Waals surface area contributed by atoms with Crippen LogP contribution in [-0.2, 0) is 9.59 Å². The van der Waals surface area contributed by atoms with E-state index in [1.54, 1.807) is 28.1 Å². The van der Waals surface area contributed by atoms with Crippen molar-refractivity contribution in [3.05, 3.63) is 0 Å². The van der Waals surface area contributed by atoms with Crippen LogP contribution >= 0.6 is 0 Å². The number of nitrogens with zero attached hydrogens (tertiary/aromatic N) is 2. The van der Waals surface area contributed by atoms with Gasteiger partial charge in [-0.3, -0.25) is 19.8 Å². The lowest BCUT2D eigenvalue weighted by atomic mass is 10.4. The van der Waals surface area contributed by atoms with Gasteiger partial charge in [0.25, 0.3) is 0 Å². The molecule has 0 heterocycles. The van der Waals surface area contributed by atoms with Crippen molar-refractivity contribution in [3.63, 3.8) is 0 Å². The molecule has 2 N–H and O–H groups in total. The number of amides is 4. The molecule has 0 aliphatic heterocycles. The third-order valence-corrected chi connectivity index (χ3v) is 1.91. The first kappa shape index (κ1) is 15.4. The number of urea groups is 1. The molecular formula is C10H20N4O3. The third-order valence-electron chi connectivity index (χ3n) is 1.91. The SMILES string of the molecule is CCNC(=O)NC(=O)CN(C)CC(=O)N(C)C. The Morgan fingerprint density at radius 1 is 1.06 bits per heavy atom. The van der Waals surface area contributed by atoms with Crippen LogP contribution in [0.25, 0.3) is 0 Å². The lowest BCUT2D eigenvalue weighted by Crippen LogP contribution is -2.45. The summed E-state index contributed by atoms with van der Waals surface area (Å²) in [6.07, 6.45) is 0. The second-order valence-corrected chi connectivity index (χ2v) is 3.87. The second-order valence-electron chi connectivity index (χ2n) is 3.87. The van der Waals surface area contributed by atoms with Gasteiger partial charge in [0, 0.05) is 20.6 Å². The Morgan fingerprint density at radius 3 is 2.12 bits per heavy atom. The first-order valence-corrected chi connectivity index (χ1v) is 5.33. The van der Waals surface area contributed by atoms with E-state index in [4.69, 9.17) is 0 Å². The summed E-state index contributed by atoms with van der Waals surface area (Å²) in [7, 11) is 4.93. The molecule has 0 saturated carbocycles. The number of carbonyl (C=O) groups is 3. The predicted molar refractivity (Wildman–Crippen MR) is 63.4 cm³/mol. The number of imide groups is 1. The van der Waals surface area contributed by atoms with E-state index in [2.05, 4.69) is 10.6 Å². The van der Waals surface area contributed by atoms with Gasteiger partial charge in [0.2, 0.25) is 11.8 Å². The number of hydrogen-bond donors (Lipinski definition) is 2. The Hall–Kier alpha value is -1.63.